The number of nitro groups is 1. The molecular weight excluding hydrogens is 470 g/mol. The van der Waals surface area contributed by atoms with Crippen LogP contribution >= 0.6 is 0 Å². The van der Waals surface area contributed by atoms with Gasteiger partial charge in [0, 0.05) is 80.8 Å². The van der Waals surface area contributed by atoms with Gasteiger partial charge in [0.2, 0.25) is 0 Å². The molecule has 2 aromatic carbocycles. The molecule has 190 valence electrons. The van der Waals surface area contributed by atoms with Crippen LogP contribution in [0, 0.1) is 16.0 Å². The number of fused-ring (bicyclic) bond motifs is 4. The fourth-order valence-electron chi connectivity index (χ4n) is 6.15. The van der Waals surface area contributed by atoms with Gasteiger partial charge in [-0.3, -0.25) is 19.7 Å². The molecule has 37 heavy (non-hydrogen) atoms. The van der Waals surface area contributed by atoms with Crippen LogP contribution in [0.2, 0.25) is 0 Å². The Morgan fingerprint density at radius 1 is 0.865 bits per heavy atom. The second-order valence-electron chi connectivity index (χ2n) is 10.2. The van der Waals surface area contributed by atoms with Crippen molar-refractivity contribution in [3.8, 4) is 0 Å². The molecule has 9 nitrogen and oxygen atoms in total. The molecule has 6 rings (SSSR count). The first-order valence-corrected chi connectivity index (χ1v) is 12.8. The monoisotopic (exact) mass is 499 g/mol. The molecule has 2 fully saturated rings. The van der Waals surface area contributed by atoms with Crippen LogP contribution in [0.15, 0.2) is 71.5 Å². The molecule has 0 aliphatic carbocycles. The zero-order valence-corrected chi connectivity index (χ0v) is 20.5. The predicted octanol–water partition coefficient (Wildman–Crippen LogP) is 3.34. The van der Waals surface area contributed by atoms with E-state index < -0.39 is 0 Å². The Morgan fingerprint density at radius 2 is 1.65 bits per heavy atom. The SMILES string of the molecule is O=C(c1ccc(N2C[C@H]3C[C@@H](C2)c2cccc(=O)n2C3)c([N+](=O)[O-])c1)N1CCN(c2ccccc2)CC1. The van der Waals surface area contributed by atoms with E-state index in [1.807, 2.05) is 28.8 Å². The quantitative estimate of drug-likeness (QED) is 0.404. The van der Waals surface area contributed by atoms with Crippen LogP contribution in [0.5, 0.6) is 0 Å². The Hall–Kier alpha value is -4.14. The van der Waals surface area contributed by atoms with Gasteiger partial charge in [0.05, 0.1) is 4.92 Å². The van der Waals surface area contributed by atoms with Crippen molar-refractivity contribution in [2.24, 2.45) is 5.92 Å². The highest BCUT2D eigenvalue weighted by Gasteiger charge is 2.36. The van der Waals surface area contributed by atoms with Crippen LogP contribution in [-0.2, 0) is 6.54 Å². The second kappa shape index (κ2) is 9.38. The molecule has 1 amide bonds. The fraction of sp³-hybridized carbons (Fsp3) is 0.357. The third kappa shape index (κ3) is 4.34. The lowest BCUT2D eigenvalue weighted by Crippen LogP contribution is -2.48. The molecule has 0 unspecified atom stereocenters. The molecular formula is C28H29N5O4. The van der Waals surface area contributed by atoms with Crippen molar-refractivity contribution in [3.05, 3.63) is 98.5 Å². The normalized spacial score (nSPS) is 20.9. The van der Waals surface area contributed by atoms with Gasteiger partial charge < -0.3 is 19.3 Å². The van der Waals surface area contributed by atoms with Crippen molar-refractivity contribution in [1.29, 1.82) is 0 Å². The number of anilines is 2. The lowest BCUT2D eigenvalue weighted by Gasteiger charge is -2.43. The number of nitro benzene ring substituents is 1. The summed E-state index contributed by atoms with van der Waals surface area (Å²) in [6.45, 7) is 4.45. The number of piperidine rings is 1. The maximum absolute atomic E-state index is 13.3. The largest absolute Gasteiger partial charge is 0.368 e. The van der Waals surface area contributed by atoms with Crippen molar-refractivity contribution >= 4 is 23.0 Å². The van der Waals surface area contributed by atoms with E-state index in [9.17, 15) is 19.7 Å². The summed E-state index contributed by atoms with van der Waals surface area (Å²) >= 11 is 0. The Labute approximate surface area is 214 Å². The molecule has 2 atom stereocenters. The molecule has 3 aliphatic heterocycles. The van der Waals surface area contributed by atoms with Crippen molar-refractivity contribution in [3.63, 3.8) is 0 Å². The van der Waals surface area contributed by atoms with E-state index in [0.29, 0.717) is 44.0 Å². The average molecular weight is 500 g/mol. The number of carbonyl (C=O) groups is 1. The summed E-state index contributed by atoms with van der Waals surface area (Å²) in [6.07, 6.45) is 0.972. The number of aromatic nitrogens is 1. The number of hydrogen-bond acceptors (Lipinski definition) is 6. The highest BCUT2D eigenvalue weighted by atomic mass is 16.6. The number of piperazine rings is 1. The molecule has 4 heterocycles. The summed E-state index contributed by atoms with van der Waals surface area (Å²) in [5, 5.41) is 12.1. The Balaban J connectivity index is 1.20. The minimum absolute atomic E-state index is 0.0131. The van der Waals surface area contributed by atoms with E-state index in [1.165, 1.54) is 6.07 Å². The zero-order valence-electron chi connectivity index (χ0n) is 20.5. The van der Waals surface area contributed by atoms with Gasteiger partial charge in [-0.15, -0.1) is 0 Å². The third-order valence-corrected chi connectivity index (χ3v) is 7.93. The summed E-state index contributed by atoms with van der Waals surface area (Å²) < 4.78 is 1.85. The van der Waals surface area contributed by atoms with Crippen LogP contribution in [-0.4, -0.2) is 59.6 Å². The number of amides is 1. The van der Waals surface area contributed by atoms with E-state index in [0.717, 1.165) is 30.9 Å². The molecule has 0 N–H and O–H groups in total. The Kier molecular flexibility index (Phi) is 5.90. The minimum atomic E-state index is -0.387. The molecule has 2 bridgehead atoms. The van der Waals surface area contributed by atoms with Crippen LogP contribution in [0.1, 0.15) is 28.4 Å². The second-order valence-corrected chi connectivity index (χ2v) is 10.2. The maximum Gasteiger partial charge on any atom is 0.293 e. The molecule has 3 aliphatic rings. The van der Waals surface area contributed by atoms with Crippen molar-refractivity contribution in [1.82, 2.24) is 9.47 Å². The lowest BCUT2D eigenvalue weighted by atomic mass is 9.83. The predicted molar refractivity (Wildman–Crippen MR) is 141 cm³/mol. The van der Waals surface area contributed by atoms with Crippen LogP contribution in [0.3, 0.4) is 0 Å². The maximum atomic E-state index is 13.3. The van der Waals surface area contributed by atoms with Crippen molar-refractivity contribution in [2.45, 2.75) is 18.9 Å². The Morgan fingerprint density at radius 3 is 2.41 bits per heavy atom. The van der Waals surface area contributed by atoms with Gasteiger partial charge in [-0.1, -0.05) is 24.3 Å². The Bertz CT molecular complexity index is 1400. The minimum Gasteiger partial charge on any atom is -0.368 e. The molecule has 2 saturated heterocycles. The number of carbonyl (C=O) groups excluding carboxylic acids is 1. The van der Waals surface area contributed by atoms with E-state index in [4.69, 9.17) is 0 Å². The van der Waals surface area contributed by atoms with Gasteiger partial charge in [-0.2, -0.15) is 0 Å². The summed E-state index contributed by atoms with van der Waals surface area (Å²) in [7, 11) is 0. The molecule has 0 saturated carbocycles. The molecule has 3 aromatic rings. The first kappa shape index (κ1) is 23.3. The van der Waals surface area contributed by atoms with E-state index in [1.54, 1.807) is 29.2 Å². The van der Waals surface area contributed by atoms with E-state index in [-0.39, 0.29) is 33.9 Å². The molecule has 0 radical (unpaired) electrons. The summed E-state index contributed by atoms with van der Waals surface area (Å²) in [6, 6.07) is 20.3. The summed E-state index contributed by atoms with van der Waals surface area (Å²) in [5.74, 6) is 0.211. The first-order chi connectivity index (χ1) is 18.0. The van der Waals surface area contributed by atoms with Gasteiger partial charge in [0.15, 0.2) is 0 Å². The van der Waals surface area contributed by atoms with Crippen molar-refractivity contribution < 1.29 is 9.72 Å². The fourth-order valence-corrected chi connectivity index (χ4v) is 6.15. The van der Waals surface area contributed by atoms with Crippen LogP contribution < -0.4 is 15.4 Å². The topological polar surface area (TPSA) is 91.9 Å². The molecule has 0 spiro atoms. The van der Waals surface area contributed by atoms with Crippen LogP contribution in [0.4, 0.5) is 17.1 Å². The van der Waals surface area contributed by atoms with Crippen LogP contribution in [0.25, 0.3) is 0 Å². The standard InChI is InChI=1S/C28H29N5O4/c34-27-8-4-7-24-22-15-20(18-32(24)27)17-31(19-22)25-10-9-21(16-26(25)33(36)37)28(35)30-13-11-29(12-14-30)23-5-2-1-3-6-23/h1-10,16,20,22H,11-15,17-19H2/t20-,22+/m1/s1. The van der Waals surface area contributed by atoms with Gasteiger partial charge in [-0.05, 0) is 42.7 Å². The number of nitrogens with zero attached hydrogens (tertiary/aromatic N) is 5. The molecule has 1 aromatic heterocycles. The number of hydrogen-bond donors (Lipinski definition) is 0. The summed E-state index contributed by atoms with van der Waals surface area (Å²) in [5.41, 5.74) is 2.99. The molecule has 9 heteroatoms. The van der Waals surface area contributed by atoms with Gasteiger partial charge in [-0.25, -0.2) is 0 Å². The smallest absolute Gasteiger partial charge is 0.293 e. The van der Waals surface area contributed by atoms with Gasteiger partial charge >= 0.3 is 0 Å². The third-order valence-electron chi connectivity index (χ3n) is 7.93. The number of pyridine rings is 1. The number of rotatable bonds is 4. The van der Waals surface area contributed by atoms with E-state index in [2.05, 4.69) is 21.9 Å². The first-order valence-electron chi connectivity index (χ1n) is 12.8. The van der Waals surface area contributed by atoms with E-state index >= 15 is 0 Å². The highest BCUT2D eigenvalue weighted by molar-refractivity contribution is 5.96. The lowest BCUT2D eigenvalue weighted by molar-refractivity contribution is -0.384. The van der Waals surface area contributed by atoms with Gasteiger partial charge in [0.25, 0.3) is 17.2 Å². The average Bonchev–Trinajstić information content (AvgIpc) is 2.93. The zero-order chi connectivity index (χ0) is 25.5. The number of benzene rings is 2. The van der Waals surface area contributed by atoms with Crippen molar-refractivity contribution in [2.75, 3.05) is 49.1 Å². The van der Waals surface area contributed by atoms with Gasteiger partial charge in [0.1, 0.15) is 5.69 Å². The number of para-hydroxylation sites is 1. The highest BCUT2D eigenvalue weighted by Crippen LogP contribution is 2.40. The summed E-state index contributed by atoms with van der Waals surface area (Å²) in [4.78, 5) is 43.4.